The van der Waals surface area contributed by atoms with E-state index in [1.807, 2.05) is 0 Å². The summed E-state index contributed by atoms with van der Waals surface area (Å²) < 4.78 is 29.8. The second kappa shape index (κ2) is 8.28. The summed E-state index contributed by atoms with van der Waals surface area (Å²) in [4.78, 5) is 29.1. The molecule has 4 aliphatic carbocycles. The molecule has 4 saturated carbocycles. The highest BCUT2D eigenvalue weighted by Crippen LogP contribution is 2.53. The van der Waals surface area contributed by atoms with Crippen molar-refractivity contribution in [3.63, 3.8) is 0 Å². The third kappa shape index (κ3) is 4.08. The minimum Gasteiger partial charge on any atom is -0.434 e. The van der Waals surface area contributed by atoms with Gasteiger partial charge in [-0.2, -0.15) is 8.78 Å². The van der Waals surface area contributed by atoms with Crippen LogP contribution >= 0.6 is 0 Å². The lowest BCUT2D eigenvalue weighted by atomic mass is 9.54. The van der Waals surface area contributed by atoms with E-state index in [4.69, 9.17) is 0 Å². The van der Waals surface area contributed by atoms with Crippen LogP contribution in [0.2, 0.25) is 0 Å². The number of rotatable bonds is 4. The molecular formula is C23H29F2N3O3. The molecule has 3 amide bonds. The van der Waals surface area contributed by atoms with Crippen molar-refractivity contribution in [2.75, 3.05) is 26.2 Å². The number of amides is 3. The van der Waals surface area contributed by atoms with Gasteiger partial charge in [0.1, 0.15) is 5.75 Å². The number of piperazine rings is 1. The summed E-state index contributed by atoms with van der Waals surface area (Å²) in [5.41, 5.74) is 0.120. The van der Waals surface area contributed by atoms with E-state index in [-0.39, 0.29) is 23.3 Å². The first kappa shape index (κ1) is 20.5. The van der Waals surface area contributed by atoms with Crippen LogP contribution in [0.5, 0.6) is 5.75 Å². The molecule has 4 bridgehead atoms. The third-order valence-electron chi connectivity index (χ3n) is 7.70. The second-order valence-corrected chi connectivity index (χ2v) is 9.56. The number of ether oxygens (including phenoxy) is 1. The molecule has 5 aliphatic rings. The molecule has 1 saturated heterocycles. The van der Waals surface area contributed by atoms with E-state index in [1.165, 1.54) is 44.2 Å². The molecule has 8 heteroatoms. The summed E-state index contributed by atoms with van der Waals surface area (Å²) in [6.45, 7) is -1.38. The molecule has 1 aromatic carbocycles. The van der Waals surface area contributed by atoms with Crippen molar-refractivity contribution in [2.24, 2.45) is 23.7 Å². The van der Waals surface area contributed by atoms with Crippen molar-refractivity contribution < 1.29 is 23.1 Å². The topological polar surface area (TPSA) is 61.9 Å². The van der Waals surface area contributed by atoms with Crippen LogP contribution in [0.25, 0.3) is 0 Å². The number of hydrogen-bond donors (Lipinski definition) is 1. The van der Waals surface area contributed by atoms with Crippen molar-refractivity contribution in [3.05, 3.63) is 29.8 Å². The largest absolute Gasteiger partial charge is 0.434 e. The zero-order chi connectivity index (χ0) is 21.5. The van der Waals surface area contributed by atoms with E-state index in [9.17, 15) is 18.4 Å². The number of hydrogen-bond acceptors (Lipinski definition) is 3. The normalized spacial score (nSPS) is 31.8. The highest BCUT2D eigenvalue weighted by molar-refractivity contribution is 5.97. The molecule has 6 rings (SSSR count). The zero-order valence-electron chi connectivity index (χ0n) is 17.5. The Bertz CT molecular complexity index is 813. The van der Waals surface area contributed by atoms with Gasteiger partial charge in [0.25, 0.3) is 5.91 Å². The monoisotopic (exact) mass is 433 g/mol. The van der Waals surface area contributed by atoms with Gasteiger partial charge in [-0.3, -0.25) is 4.79 Å². The number of carbonyl (C=O) groups is 2. The Labute approximate surface area is 180 Å². The first-order valence-electron chi connectivity index (χ1n) is 11.4. The van der Waals surface area contributed by atoms with Crippen LogP contribution in [0, 0.1) is 23.7 Å². The maximum absolute atomic E-state index is 12.9. The van der Waals surface area contributed by atoms with Gasteiger partial charge in [0.2, 0.25) is 0 Å². The van der Waals surface area contributed by atoms with E-state index < -0.39 is 6.61 Å². The lowest BCUT2D eigenvalue weighted by Gasteiger charge is -2.54. The van der Waals surface area contributed by atoms with E-state index in [0.29, 0.717) is 44.1 Å². The van der Waals surface area contributed by atoms with Crippen molar-refractivity contribution in [1.82, 2.24) is 15.1 Å². The predicted octanol–water partition coefficient (Wildman–Crippen LogP) is 3.58. The summed E-state index contributed by atoms with van der Waals surface area (Å²) in [5.74, 6) is 2.50. The quantitative estimate of drug-likeness (QED) is 0.790. The smallest absolute Gasteiger partial charge is 0.387 e. The van der Waals surface area contributed by atoms with Crippen LogP contribution in [-0.2, 0) is 0 Å². The summed E-state index contributed by atoms with van der Waals surface area (Å²) in [6, 6.07) is 6.30. The van der Waals surface area contributed by atoms with Crippen molar-refractivity contribution in [3.8, 4) is 5.75 Å². The number of nitrogens with one attached hydrogen (secondary N) is 1. The molecule has 0 radical (unpaired) electrons. The molecule has 1 N–H and O–H groups in total. The minimum atomic E-state index is -2.99. The minimum absolute atomic E-state index is 0.0361. The Morgan fingerprint density at radius 2 is 1.48 bits per heavy atom. The Morgan fingerprint density at radius 3 is 2.10 bits per heavy atom. The maximum Gasteiger partial charge on any atom is 0.387 e. The first-order chi connectivity index (χ1) is 15.0. The fourth-order valence-electron chi connectivity index (χ4n) is 6.52. The summed E-state index contributed by atoms with van der Waals surface area (Å²) in [7, 11) is 0. The van der Waals surface area contributed by atoms with Gasteiger partial charge < -0.3 is 19.9 Å². The SMILES string of the molecule is O=C(NC1C2CC3CC(C2)CC1C3)N1CCN(C(=O)c2ccccc2OC(F)F)CC1. The predicted molar refractivity (Wildman–Crippen MR) is 110 cm³/mol. The molecule has 5 fully saturated rings. The van der Waals surface area contributed by atoms with Crippen LogP contribution in [0.3, 0.4) is 0 Å². The highest BCUT2D eigenvalue weighted by Gasteiger charge is 2.49. The molecular weight excluding hydrogens is 404 g/mol. The van der Waals surface area contributed by atoms with Gasteiger partial charge in [-0.05, 0) is 67.9 Å². The number of urea groups is 1. The van der Waals surface area contributed by atoms with Crippen molar-refractivity contribution in [2.45, 2.75) is 44.8 Å². The molecule has 0 unspecified atom stereocenters. The number of para-hydroxylation sites is 1. The van der Waals surface area contributed by atoms with Crippen LogP contribution in [0.15, 0.2) is 24.3 Å². The van der Waals surface area contributed by atoms with Crippen LogP contribution < -0.4 is 10.1 Å². The second-order valence-electron chi connectivity index (χ2n) is 9.56. The summed E-state index contributed by atoms with van der Waals surface area (Å²) >= 11 is 0. The number of halogens is 2. The van der Waals surface area contributed by atoms with Gasteiger partial charge in [-0.15, -0.1) is 0 Å². The van der Waals surface area contributed by atoms with Crippen LogP contribution in [-0.4, -0.2) is 60.6 Å². The number of alkyl halides is 2. The van der Waals surface area contributed by atoms with Gasteiger partial charge in [-0.25, -0.2) is 4.79 Å². The first-order valence-corrected chi connectivity index (χ1v) is 11.4. The van der Waals surface area contributed by atoms with Gasteiger partial charge in [0.15, 0.2) is 0 Å². The standard InChI is InChI=1S/C23H29F2N3O3/c24-22(25)31-19-4-2-1-3-18(19)21(29)27-5-7-28(8-6-27)23(30)26-20-16-10-14-9-15(12-16)13-17(20)11-14/h1-4,14-17,20,22H,5-13H2,(H,26,30). The number of nitrogens with zero attached hydrogens (tertiary/aromatic N) is 2. The molecule has 1 heterocycles. The van der Waals surface area contributed by atoms with Gasteiger partial charge >= 0.3 is 12.6 Å². The van der Waals surface area contributed by atoms with E-state index in [2.05, 4.69) is 10.1 Å². The van der Waals surface area contributed by atoms with Gasteiger partial charge in [0, 0.05) is 32.2 Å². The van der Waals surface area contributed by atoms with Crippen molar-refractivity contribution >= 4 is 11.9 Å². The summed E-state index contributed by atoms with van der Waals surface area (Å²) in [5, 5.41) is 3.32. The van der Waals surface area contributed by atoms with Gasteiger partial charge in [-0.1, -0.05) is 12.1 Å². The molecule has 6 nitrogen and oxygen atoms in total. The van der Waals surface area contributed by atoms with Crippen molar-refractivity contribution in [1.29, 1.82) is 0 Å². The lowest BCUT2D eigenvalue weighted by molar-refractivity contribution is -0.0503. The molecule has 1 aliphatic heterocycles. The molecule has 0 aromatic heterocycles. The number of benzene rings is 1. The molecule has 31 heavy (non-hydrogen) atoms. The Kier molecular flexibility index (Phi) is 5.48. The van der Waals surface area contributed by atoms with Crippen LogP contribution in [0.4, 0.5) is 13.6 Å². The maximum atomic E-state index is 12.9. The fourth-order valence-corrected chi connectivity index (χ4v) is 6.52. The van der Waals surface area contributed by atoms with Crippen LogP contribution in [0.1, 0.15) is 42.5 Å². The lowest BCUT2D eigenvalue weighted by Crippen LogP contribution is -2.60. The Balaban J connectivity index is 1.16. The average Bonchev–Trinajstić information content (AvgIpc) is 2.75. The van der Waals surface area contributed by atoms with Gasteiger partial charge in [0.05, 0.1) is 5.56 Å². The fraction of sp³-hybridized carbons (Fsp3) is 0.652. The molecule has 168 valence electrons. The average molecular weight is 433 g/mol. The summed E-state index contributed by atoms with van der Waals surface area (Å²) in [6.07, 6.45) is 6.39. The van der Waals surface area contributed by atoms with E-state index in [0.717, 1.165) is 11.8 Å². The number of carbonyl (C=O) groups excluding carboxylic acids is 2. The molecule has 0 spiro atoms. The Morgan fingerprint density at radius 1 is 0.903 bits per heavy atom. The molecule has 0 atom stereocenters. The Hall–Kier alpha value is -2.38. The highest BCUT2D eigenvalue weighted by atomic mass is 19.3. The molecule has 1 aromatic rings. The zero-order valence-corrected chi connectivity index (χ0v) is 17.5. The van der Waals surface area contributed by atoms with E-state index >= 15 is 0 Å². The third-order valence-corrected chi connectivity index (χ3v) is 7.70. The van der Waals surface area contributed by atoms with E-state index in [1.54, 1.807) is 21.9 Å².